The van der Waals surface area contributed by atoms with Crippen LogP contribution in [-0.4, -0.2) is 50.2 Å². The number of carbonyl (C=O) groups is 1. The van der Waals surface area contributed by atoms with E-state index in [1.165, 1.54) is 0 Å². The van der Waals surface area contributed by atoms with Crippen LogP contribution in [0.3, 0.4) is 0 Å². The minimum absolute atomic E-state index is 0.0171. The summed E-state index contributed by atoms with van der Waals surface area (Å²) in [6.45, 7) is 6.44. The van der Waals surface area contributed by atoms with Gasteiger partial charge in [0.2, 0.25) is 0 Å². The number of rotatable bonds is 1. The first-order valence-electron chi connectivity index (χ1n) is 6.11. The quantitative estimate of drug-likeness (QED) is 0.698. The second-order valence-corrected chi connectivity index (χ2v) is 8.21. The van der Waals surface area contributed by atoms with Gasteiger partial charge in [0.25, 0.3) is 0 Å². The Labute approximate surface area is 107 Å². The zero-order valence-electron chi connectivity index (χ0n) is 10.9. The van der Waals surface area contributed by atoms with E-state index in [1.807, 2.05) is 0 Å². The molecule has 2 N–H and O–H groups in total. The van der Waals surface area contributed by atoms with Gasteiger partial charge in [0.1, 0.15) is 5.60 Å². The Kier molecular flexibility index (Phi) is 3.31. The van der Waals surface area contributed by atoms with Crippen molar-refractivity contribution in [1.82, 2.24) is 10.6 Å². The number of amides is 1. The molecule has 0 aliphatic carbocycles. The topological polar surface area (TPSA) is 84.5 Å². The smallest absolute Gasteiger partial charge is 0.407 e. The highest BCUT2D eigenvalue weighted by atomic mass is 32.2. The number of ether oxygens (including phenoxy) is 1. The van der Waals surface area contributed by atoms with E-state index < -0.39 is 21.5 Å². The van der Waals surface area contributed by atoms with Gasteiger partial charge in [0.15, 0.2) is 9.84 Å². The molecule has 2 rings (SSSR count). The first-order chi connectivity index (χ1) is 8.19. The number of sulfone groups is 1. The fourth-order valence-corrected chi connectivity index (χ4v) is 4.84. The molecular weight excluding hydrogens is 256 g/mol. The lowest BCUT2D eigenvalue weighted by Crippen LogP contribution is -2.44. The Morgan fingerprint density at radius 3 is 2.61 bits per heavy atom. The summed E-state index contributed by atoms with van der Waals surface area (Å²) in [7, 11) is -3.10. The third kappa shape index (κ3) is 2.77. The van der Waals surface area contributed by atoms with Crippen molar-refractivity contribution in [3.63, 3.8) is 0 Å². The van der Waals surface area contributed by atoms with E-state index >= 15 is 0 Å². The number of alkyl carbamates (subject to hydrolysis) is 1. The molecule has 18 heavy (non-hydrogen) atoms. The summed E-state index contributed by atoms with van der Waals surface area (Å²) in [5.74, 6) is -0.0222. The summed E-state index contributed by atoms with van der Waals surface area (Å²) in [6.07, 6.45) is -0.546. The molecule has 0 bridgehead atoms. The number of nitrogens with one attached hydrogen (secondary N) is 2. The largest absolute Gasteiger partial charge is 0.444 e. The average Bonchev–Trinajstić information content (AvgIpc) is 2.67. The predicted molar refractivity (Wildman–Crippen MR) is 67.1 cm³/mol. The normalized spacial score (nSPS) is 34.1. The Hall–Kier alpha value is -0.820. The van der Waals surface area contributed by atoms with Crippen molar-refractivity contribution >= 4 is 15.9 Å². The zero-order valence-corrected chi connectivity index (χ0v) is 11.7. The van der Waals surface area contributed by atoms with Crippen LogP contribution in [0.1, 0.15) is 20.8 Å². The number of fused-ring (bicyclic) bond motifs is 1. The summed E-state index contributed by atoms with van der Waals surface area (Å²) in [5.41, 5.74) is -0.575. The van der Waals surface area contributed by atoms with E-state index in [9.17, 15) is 13.2 Å². The first-order valence-corrected chi connectivity index (χ1v) is 7.82. The molecule has 6 nitrogen and oxygen atoms in total. The van der Waals surface area contributed by atoms with Crippen LogP contribution in [0, 0.1) is 5.92 Å². The molecule has 7 heteroatoms. The summed E-state index contributed by atoms with van der Waals surface area (Å²) < 4.78 is 28.9. The lowest BCUT2D eigenvalue weighted by Gasteiger charge is -2.23. The standard InChI is InChI=1S/C11H20N2O4S/c1-11(2,3)17-10(14)13-8-6-18(15,16)9-5-12-4-7(8)9/h7-9,12H,4-6H2,1-3H3,(H,13,14)/t7-,8-,9+/m1/s1. The highest BCUT2D eigenvalue weighted by Gasteiger charge is 2.50. The minimum Gasteiger partial charge on any atom is -0.444 e. The van der Waals surface area contributed by atoms with Crippen molar-refractivity contribution in [1.29, 1.82) is 0 Å². The van der Waals surface area contributed by atoms with Crippen LogP contribution >= 0.6 is 0 Å². The maximum absolute atomic E-state index is 11.9. The van der Waals surface area contributed by atoms with Crippen molar-refractivity contribution in [3.05, 3.63) is 0 Å². The Balaban J connectivity index is 2.01. The zero-order chi connectivity index (χ0) is 13.6. The number of hydrogen-bond acceptors (Lipinski definition) is 5. The molecule has 0 saturated carbocycles. The van der Waals surface area contributed by atoms with Crippen LogP contribution in [0.4, 0.5) is 4.79 Å². The van der Waals surface area contributed by atoms with Crippen LogP contribution < -0.4 is 10.6 Å². The molecule has 2 saturated heterocycles. The number of hydrogen-bond donors (Lipinski definition) is 2. The highest BCUT2D eigenvalue weighted by Crippen LogP contribution is 2.30. The molecule has 3 atom stereocenters. The van der Waals surface area contributed by atoms with Crippen LogP contribution in [0.5, 0.6) is 0 Å². The molecule has 0 aromatic heterocycles. The molecule has 2 aliphatic heterocycles. The maximum Gasteiger partial charge on any atom is 0.407 e. The molecule has 2 heterocycles. The van der Waals surface area contributed by atoms with Crippen molar-refractivity contribution in [2.24, 2.45) is 5.92 Å². The van der Waals surface area contributed by atoms with Gasteiger partial charge in [-0.15, -0.1) is 0 Å². The lowest BCUT2D eigenvalue weighted by atomic mass is 10.0. The van der Waals surface area contributed by atoms with Gasteiger partial charge in [0, 0.05) is 19.0 Å². The van der Waals surface area contributed by atoms with E-state index in [4.69, 9.17) is 4.74 Å². The Morgan fingerprint density at radius 1 is 1.33 bits per heavy atom. The van der Waals surface area contributed by atoms with E-state index in [2.05, 4.69) is 10.6 Å². The summed E-state index contributed by atoms with van der Waals surface area (Å²) in [6, 6.07) is -0.343. The SMILES string of the molecule is CC(C)(C)OC(=O)N[C@@H]1CS(=O)(=O)[C@H]2CNC[C@H]12. The molecule has 0 aromatic rings. The van der Waals surface area contributed by atoms with Crippen molar-refractivity contribution in [2.45, 2.75) is 37.7 Å². The van der Waals surface area contributed by atoms with Gasteiger partial charge in [0.05, 0.1) is 17.0 Å². The summed E-state index contributed by atoms with van der Waals surface area (Å²) in [4.78, 5) is 11.7. The van der Waals surface area contributed by atoms with Gasteiger partial charge in [-0.3, -0.25) is 0 Å². The molecule has 0 radical (unpaired) electrons. The monoisotopic (exact) mass is 276 g/mol. The summed E-state index contributed by atoms with van der Waals surface area (Å²) in [5, 5.41) is 5.38. The van der Waals surface area contributed by atoms with Crippen LogP contribution in [-0.2, 0) is 14.6 Å². The van der Waals surface area contributed by atoms with E-state index in [0.29, 0.717) is 13.1 Å². The second-order valence-electron chi connectivity index (χ2n) is 5.94. The fourth-order valence-electron chi connectivity index (χ4n) is 2.57. The molecule has 2 fully saturated rings. The molecule has 0 aromatic carbocycles. The lowest BCUT2D eigenvalue weighted by molar-refractivity contribution is 0.0499. The van der Waals surface area contributed by atoms with Gasteiger partial charge in [-0.05, 0) is 20.8 Å². The third-order valence-electron chi connectivity index (χ3n) is 3.30. The molecule has 0 spiro atoms. The minimum atomic E-state index is -3.10. The van der Waals surface area contributed by atoms with Crippen molar-refractivity contribution in [2.75, 3.05) is 18.8 Å². The van der Waals surface area contributed by atoms with E-state index in [1.54, 1.807) is 20.8 Å². The number of carbonyl (C=O) groups excluding carboxylic acids is 1. The van der Waals surface area contributed by atoms with Gasteiger partial charge in [-0.25, -0.2) is 13.2 Å². The third-order valence-corrected chi connectivity index (χ3v) is 5.56. The average molecular weight is 276 g/mol. The van der Waals surface area contributed by atoms with Gasteiger partial charge >= 0.3 is 6.09 Å². The molecule has 0 unspecified atom stereocenters. The molecule has 2 aliphatic rings. The van der Waals surface area contributed by atoms with Gasteiger partial charge < -0.3 is 15.4 Å². The van der Waals surface area contributed by atoms with Crippen molar-refractivity contribution < 1.29 is 17.9 Å². The molecular formula is C11H20N2O4S. The van der Waals surface area contributed by atoms with Crippen LogP contribution in [0.25, 0.3) is 0 Å². The van der Waals surface area contributed by atoms with E-state index in [0.717, 1.165) is 0 Å². The highest BCUT2D eigenvalue weighted by molar-refractivity contribution is 7.92. The van der Waals surface area contributed by atoms with Crippen molar-refractivity contribution in [3.8, 4) is 0 Å². The fraction of sp³-hybridized carbons (Fsp3) is 0.909. The summed E-state index contributed by atoms with van der Waals surface area (Å²) >= 11 is 0. The first kappa shape index (κ1) is 13.6. The van der Waals surface area contributed by atoms with Crippen LogP contribution in [0.15, 0.2) is 0 Å². The van der Waals surface area contributed by atoms with E-state index in [-0.39, 0.29) is 23.0 Å². The second kappa shape index (κ2) is 4.38. The Bertz CT molecular complexity index is 440. The van der Waals surface area contributed by atoms with Gasteiger partial charge in [-0.1, -0.05) is 0 Å². The van der Waals surface area contributed by atoms with Gasteiger partial charge in [-0.2, -0.15) is 0 Å². The Morgan fingerprint density at radius 2 is 2.00 bits per heavy atom. The maximum atomic E-state index is 11.9. The van der Waals surface area contributed by atoms with Crippen LogP contribution in [0.2, 0.25) is 0 Å². The molecule has 1 amide bonds. The predicted octanol–water partition coefficient (Wildman–Crippen LogP) is -0.104. The molecule has 104 valence electrons.